The Kier molecular flexibility index (Phi) is 0.473. The Morgan fingerprint density at radius 3 is 3.00 bits per heavy atom. The maximum absolute atomic E-state index is 4.53. The first kappa shape index (κ1) is 2.52. The summed E-state index contributed by atoms with van der Waals surface area (Å²) in [7, 11) is 0. The molecule has 5 heavy (non-hydrogen) atoms. The van der Waals surface area contributed by atoms with Gasteiger partial charge in [-0.1, -0.05) is 0 Å². The zero-order chi connectivity index (χ0) is 3.54. The molecule has 0 amide bonds. The summed E-state index contributed by atoms with van der Waals surface area (Å²) in [5.41, 5.74) is 0. The van der Waals surface area contributed by atoms with Gasteiger partial charge >= 0.3 is 12.8 Å². The second kappa shape index (κ2) is 0.937. The molecular formula is C3H4NO+. The number of hydrogen-bond acceptors (Lipinski definition) is 1. The Morgan fingerprint density at radius 2 is 2.80 bits per heavy atom. The van der Waals surface area contributed by atoms with Gasteiger partial charge in [-0.2, -0.15) is 0 Å². The molecule has 1 heterocycles. The lowest BCUT2D eigenvalue weighted by Crippen LogP contribution is -1.79. The van der Waals surface area contributed by atoms with Crippen LogP contribution in [0.15, 0.2) is 0 Å². The fourth-order valence-corrected chi connectivity index (χ4v) is 0.228. The van der Waals surface area contributed by atoms with Crippen molar-refractivity contribution in [2.45, 2.75) is 0 Å². The molecule has 0 unspecified atom stereocenters. The van der Waals surface area contributed by atoms with Crippen molar-refractivity contribution in [3.8, 4) is 6.26 Å². The standard InChI is InChI=1S/C3H4NO/c1-2-5-3-4-1/h1-2H2/q+1. The van der Waals surface area contributed by atoms with Gasteiger partial charge < -0.3 is 4.74 Å². The lowest BCUT2D eigenvalue weighted by atomic mass is 10.8. The summed E-state index contributed by atoms with van der Waals surface area (Å²) in [5, 5.41) is 0. The lowest BCUT2D eigenvalue weighted by Gasteiger charge is -1.64. The minimum Gasteiger partial charge on any atom is -0.385 e. The molecule has 2 heteroatoms. The van der Waals surface area contributed by atoms with E-state index in [2.05, 4.69) is 15.8 Å². The summed E-state index contributed by atoms with van der Waals surface area (Å²) in [6.07, 6.45) is 2.35. The van der Waals surface area contributed by atoms with Gasteiger partial charge in [0.2, 0.25) is 0 Å². The van der Waals surface area contributed by atoms with E-state index in [1.54, 1.807) is 0 Å². The van der Waals surface area contributed by atoms with E-state index in [-0.39, 0.29) is 0 Å². The summed E-state index contributed by atoms with van der Waals surface area (Å²) < 4.78 is 4.53. The molecule has 0 bridgehead atoms. The summed E-state index contributed by atoms with van der Waals surface area (Å²) in [6.45, 7) is 1.51. The van der Waals surface area contributed by atoms with E-state index < -0.39 is 0 Å². The Balaban J connectivity index is 2.42. The molecule has 0 atom stereocenters. The molecule has 0 saturated heterocycles. The molecule has 0 fully saturated rings. The van der Waals surface area contributed by atoms with E-state index in [1.807, 2.05) is 0 Å². The van der Waals surface area contributed by atoms with E-state index in [9.17, 15) is 0 Å². The third-order valence-electron chi connectivity index (χ3n) is 0.434. The summed E-state index contributed by atoms with van der Waals surface area (Å²) in [6, 6.07) is 0. The Labute approximate surface area is 30.2 Å². The van der Waals surface area contributed by atoms with E-state index in [0.29, 0.717) is 0 Å². The zero-order valence-electron chi connectivity index (χ0n) is 2.77. The minimum absolute atomic E-state index is 0.722. The zero-order valence-corrected chi connectivity index (χ0v) is 2.77. The van der Waals surface area contributed by atoms with Gasteiger partial charge in [-0.15, -0.1) is 0 Å². The van der Waals surface area contributed by atoms with E-state index >= 15 is 0 Å². The molecule has 1 rings (SSSR count). The monoisotopic (exact) mass is 70.0 g/mol. The van der Waals surface area contributed by atoms with Crippen molar-refractivity contribution in [1.29, 1.82) is 0 Å². The SMILES string of the molecule is C1#[N+]CCO1. The Bertz CT molecular complexity index is 70.6. The number of nitrogens with zero attached hydrogens (tertiary/aromatic N) is 1. The predicted molar refractivity (Wildman–Crippen MR) is 18.1 cm³/mol. The summed E-state index contributed by atoms with van der Waals surface area (Å²) >= 11 is 0. The van der Waals surface area contributed by atoms with Crippen LogP contribution in [0.2, 0.25) is 0 Å². The smallest absolute Gasteiger partial charge is 0.385 e. The van der Waals surface area contributed by atoms with Gasteiger partial charge in [-0.05, 0) is 4.85 Å². The molecule has 0 radical (unpaired) electrons. The maximum Gasteiger partial charge on any atom is 0.514 e. The van der Waals surface area contributed by atoms with Crippen LogP contribution in [0.3, 0.4) is 0 Å². The fraction of sp³-hybridized carbons (Fsp3) is 0.667. The molecule has 0 aromatic heterocycles. The maximum atomic E-state index is 4.53. The van der Waals surface area contributed by atoms with Crippen molar-refractivity contribution in [1.82, 2.24) is 0 Å². The molecule has 1 aliphatic rings. The predicted octanol–water partition coefficient (Wildman–Crippen LogP) is 0.307. The van der Waals surface area contributed by atoms with Gasteiger partial charge in [-0.25, -0.2) is 0 Å². The lowest BCUT2D eigenvalue weighted by molar-refractivity contribution is 0.313. The molecule has 0 aromatic carbocycles. The van der Waals surface area contributed by atoms with Crippen LogP contribution < -0.4 is 0 Å². The highest BCUT2D eigenvalue weighted by atomic mass is 16.5. The largest absolute Gasteiger partial charge is 0.514 e. The molecule has 0 N–H and O–H groups in total. The number of rotatable bonds is 0. The van der Waals surface area contributed by atoms with Gasteiger partial charge in [0.1, 0.15) is 0 Å². The first-order valence-electron chi connectivity index (χ1n) is 1.53. The van der Waals surface area contributed by atoms with Crippen molar-refractivity contribution in [2.24, 2.45) is 0 Å². The van der Waals surface area contributed by atoms with Gasteiger partial charge in [0.25, 0.3) is 0 Å². The highest BCUT2D eigenvalue weighted by Gasteiger charge is 1.99. The number of hydrogen-bond donors (Lipinski definition) is 0. The Morgan fingerprint density at radius 1 is 1.80 bits per heavy atom. The molecule has 0 spiro atoms. The van der Waals surface area contributed by atoms with Crippen LogP contribution >= 0.6 is 0 Å². The van der Waals surface area contributed by atoms with Crippen LogP contribution in [0.25, 0.3) is 4.85 Å². The average molecular weight is 70.1 g/mol. The van der Waals surface area contributed by atoms with Gasteiger partial charge in [0.15, 0.2) is 6.61 Å². The van der Waals surface area contributed by atoms with Crippen molar-refractivity contribution in [3.05, 3.63) is 4.85 Å². The van der Waals surface area contributed by atoms with Crippen molar-refractivity contribution >= 4 is 0 Å². The van der Waals surface area contributed by atoms with Gasteiger partial charge in [0, 0.05) is 0 Å². The van der Waals surface area contributed by atoms with Gasteiger partial charge in [0.05, 0.1) is 0 Å². The first-order valence-corrected chi connectivity index (χ1v) is 1.53. The fourth-order valence-electron chi connectivity index (χ4n) is 0.228. The van der Waals surface area contributed by atoms with Crippen molar-refractivity contribution < 1.29 is 4.74 Å². The third kappa shape index (κ3) is 0.297. The van der Waals surface area contributed by atoms with Crippen molar-refractivity contribution in [2.75, 3.05) is 13.2 Å². The molecule has 2 nitrogen and oxygen atoms in total. The third-order valence-corrected chi connectivity index (χ3v) is 0.434. The molecule has 0 saturated carbocycles. The van der Waals surface area contributed by atoms with Crippen LogP contribution in [-0.2, 0) is 4.74 Å². The van der Waals surface area contributed by atoms with E-state index in [1.165, 1.54) is 0 Å². The van der Waals surface area contributed by atoms with Crippen LogP contribution in [0, 0.1) is 6.26 Å². The molecule has 0 aliphatic carbocycles. The van der Waals surface area contributed by atoms with E-state index in [0.717, 1.165) is 13.2 Å². The highest BCUT2D eigenvalue weighted by Crippen LogP contribution is 1.80. The summed E-state index contributed by atoms with van der Waals surface area (Å²) in [5.74, 6) is 0. The quantitative estimate of drug-likeness (QED) is 0.374. The first-order chi connectivity index (χ1) is 2.50. The summed E-state index contributed by atoms with van der Waals surface area (Å²) in [4.78, 5) is 3.61. The number of ether oxygens (including phenoxy) is 1. The van der Waals surface area contributed by atoms with Crippen LogP contribution in [0.4, 0.5) is 0 Å². The van der Waals surface area contributed by atoms with Crippen LogP contribution in [-0.4, -0.2) is 13.2 Å². The minimum atomic E-state index is 0.722. The Hall–Kier alpha value is -0.710. The normalized spacial score (nSPS) is 16.0. The van der Waals surface area contributed by atoms with Crippen LogP contribution in [0.1, 0.15) is 0 Å². The average Bonchev–Trinajstić information content (AvgIpc) is 1.76. The van der Waals surface area contributed by atoms with Crippen molar-refractivity contribution in [3.63, 3.8) is 0 Å². The highest BCUT2D eigenvalue weighted by molar-refractivity contribution is 4.81. The van der Waals surface area contributed by atoms with Gasteiger partial charge in [-0.3, -0.25) is 0 Å². The molecular weight excluding hydrogens is 66.0 g/mol. The topological polar surface area (TPSA) is 13.6 Å². The molecule has 26 valence electrons. The second-order valence-corrected chi connectivity index (χ2v) is 0.821. The second-order valence-electron chi connectivity index (χ2n) is 0.821. The molecule has 0 aromatic rings. The molecule has 1 aliphatic heterocycles. The van der Waals surface area contributed by atoms with Crippen LogP contribution in [0.5, 0.6) is 0 Å². The van der Waals surface area contributed by atoms with E-state index in [4.69, 9.17) is 0 Å².